The normalized spacial score (nSPS) is 13.3. The van der Waals surface area contributed by atoms with Crippen LogP contribution in [0.2, 0.25) is 5.15 Å². The number of H-pyrrole nitrogens is 1. The van der Waals surface area contributed by atoms with E-state index in [-0.39, 0.29) is 0 Å². The first-order valence-electron chi connectivity index (χ1n) is 7.74. The average Bonchev–Trinajstić information content (AvgIpc) is 3.12. The van der Waals surface area contributed by atoms with Crippen molar-refractivity contribution in [3.8, 4) is 5.69 Å². The quantitative estimate of drug-likeness (QED) is 0.790. The van der Waals surface area contributed by atoms with Crippen LogP contribution < -0.4 is 10.7 Å². The molecule has 1 N–H and O–H groups in total. The predicted molar refractivity (Wildman–Crippen MR) is 91.6 cm³/mol. The highest BCUT2D eigenvalue weighted by Gasteiger charge is 2.16. The van der Waals surface area contributed by atoms with Gasteiger partial charge in [0.25, 0.3) is 0 Å². The molecule has 0 fully saturated rings. The van der Waals surface area contributed by atoms with E-state index in [2.05, 4.69) is 21.2 Å². The summed E-state index contributed by atoms with van der Waals surface area (Å²) in [5.74, 6) is 0. The van der Waals surface area contributed by atoms with Gasteiger partial charge in [-0.3, -0.25) is 4.99 Å². The van der Waals surface area contributed by atoms with Gasteiger partial charge in [-0.25, -0.2) is 4.68 Å². The standard InChI is InChI=1S/C18H17ClN4/c1-12-16(10-13-11-21-18-15(13)8-5-9-20-18)17(19)23(22-12)14-6-3-2-4-7-14/h2-4,6-8,11H,5,9-10H2,1H3,(H,20,21). The van der Waals surface area contributed by atoms with Crippen LogP contribution >= 0.6 is 11.6 Å². The van der Waals surface area contributed by atoms with Crippen LogP contribution in [0.1, 0.15) is 23.2 Å². The smallest absolute Gasteiger partial charge is 0.136 e. The number of para-hydroxylation sites is 1. The second-order valence-electron chi connectivity index (χ2n) is 5.73. The molecular weight excluding hydrogens is 308 g/mol. The highest BCUT2D eigenvalue weighted by Crippen LogP contribution is 2.25. The molecule has 0 saturated heterocycles. The molecule has 4 rings (SSSR count). The van der Waals surface area contributed by atoms with Crippen LogP contribution in [0.3, 0.4) is 0 Å². The molecule has 0 atom stereocenters. The van der Waals surface area contributed by atoms with Crippen LogP contribution in [-0.2, 0) is 6.42 Å². The topological polar surface area (TPSA) is 46.0 Å². The second kappa shape index (κ2) is 5.70. The van der Waals surface area contributed by atoms with E-state index in [0.29, 0.717) is 5.15 Å². The Morgan fingerprint density at radius 3 is 2.91 bits per heavy atom. The van der Waals surface area contributed by atoms with Crippen LogP contribution in [-0.4, -0.2) is 21.3 Å². The number of aromatic amines is 1. The van der Waals surface area contributed by atoms with Crippen molar-refractivity contribution in [1.82, 2.24) is 14.8 Å². The van der Waals surface area contributed by atoms with E-state index in [1.807, 2.05) is 43.5 Å². The largest absolute Gasteiger partial charge is 0.346 e. The van der Waals surface area contributed by atoms with Crippen molar-refractivity contribution in [1.29, 1.82) is 0 Å². The Balaban J connectivity index is 1.77. The van der Waals surface area contributed by atoms with Crippen LogP contribution in [0.5, 0.6) is 0 Å². The highest BCUT2D eigenvalue weighted by molar-refractivity contribution is 6.30. The maximum atomic E-state index is 6.62. The number of nitrogens with one attached hydrogen (secondary N) is 1. The van der Waals surface area contributed by atoms with E-state index in [9.17, 15) is 0 Å². The van der Waals surface area contributed by atoms with Gasteiger partial charge in [0.1, 0.15) is 10.6 Å². The molecule has 3 aromatic rings. The molecule has 0 saturated carbocycles. The zero-order valence-electron chi connectivity index (χ0n) is 12.9. The number of nitrogens with zero attached hydrogens (tertiary/aromatic N) is 3. The Morgan fingerprint density at radius 2 is 2.09 bits per heavy atom. The number of hydrogen-bond acceptors (Lipinski definition) is 2. The lowest BCUT2D eigenvalue weighted by atomic mass is 10.1. The fourth-order valence-electron chi connectivity index (χ4n) is 3.02. The van der Waals surface area contributed by atoms with Crippen LogP contribution in [0.25, 0.3) is 11.8 Å². The van der Waals surface area contributed by atoms with Gasteiger partial charge in [0.05, 0.1) is 11.4 Å². The first kappa shape index (κ1) is 14.3. The Bertz CT molecular complexity index is 967. The number of hydrogen-bond donors (Lipinski definition) is 1. The minimum Gasteiger partial charge on any atom is -0.346 e. The van der Waals surface area contributed by atoms with Crippen molar-refractivity contribution < 1.29 is 0 Å². The molecule has 0 aliphatic carbocycles. The predicted octanol–water partition coefficient (Wildman–Crippen LogP) is 2.56. The van der Waals surface area contributed by atoms with Crippen molar-refractivity contribution in [3.63, 3.8) is 0 Å². The fourth-order valence-corrected chi connectivity index (χ4v) is 3.36. The van der Waals surface area contributed by atoms with Crippen LogP contribution in [0.4, 0.5) is 0 Å². The Morgan fingerprint density at radius 1 is 1.26 bits per heavy atom. The first-order chi connectivity index (χ1) is 11.2. The molecule has 1 aromatic carbocycles. The summed E-state index contributed by atoms with van der Waals surface area (Å²) in [5, 5.41) is 6.50. The van der Waals surface area contributed by atoms with Gasteiger partial charge < -0.3 is 4.98 Å². The molecule has 23 heavy (non-hydrogen) atoms. The molecule has 2 aromatic heterocycles. The fraction of sp³-hybridized carbons (Fsp3) is 0.222. The van der Waals surface area contributed by atoms with Crippen molar-refractivity contribution in [3.05, 3.63) is 69.2 Å². The number of aryl methyl sites for hydroxylation is 1. The molecule has 0 unspecified atom stereocenters. The Hall–Kier alpha value is -2.33. The number of benzene rings is 1. The monoisotopic (exact) mass is 324 g/mol. The molecule has 1 aliphatic heterocycles. The molecule has 116 valence electrons. The second-order valence-corrected chi connectivity index (χ2v) is 6.09. The van der Waals surface area contributed by atoms with E-state index >= 15 is 0 Å². The number of aromatic nitrogens is 3. The van der Waals surface area contributed by atoms with E-state index in [0.717, 1.165) is 41.8 Å². The van der Waals surface area contributed by atoms with Gasteiger partial charge in [0, 0.05) is 29.9 Å². The summed E-state index contributed by atoms with van der Waals surface area (Å²) in [5.41, 5.74) is 5.21. The van der Waals surface area contributed by atoms with Crippen LogP contribution in [0.15, 0.2) is 41.5 Å². The first-order valence-corrected chi connectivity index (χ1v) is 8.12. The third kappa shape index (κ3) is 2.49. The van der Waals surface area contributed by atoms with Crippen molar-refractivity contribution in [2.75, 3.05) is 6.54 Å². The summed E-state index contributed by atoms with van der Waals surface area (Å²) in [7, 11) is 0. The summed E-state index contributed by atoms with van der Waals surface area (Å²) in [4.78, 5) is 7.77. The number of halogens is 1. The highest BCUT2D eigenvalue weighted by atomic mass is 35.5. The Labute approximate surface area is 139 Å². The summed E-state index contributed by atoms with van der Waals surface area (Å²) >= 11 is 6.62. The van der Waals surface area contributed by atoms with Gasteiger partial charge in [-0.1, -0.05) is 35.9 Å². The van der Waals surface area contributed by atoms with E-state index in [1.54, 1.807) is 4.68 Å². The molecule has 0 amide bonds. The molecular formula is C18H17ClN4. The van der Waals surface area contributed by atoms with Crippen molar-refractivity contribution in [2.45, 2.75) is 19.8 Å². The van der Waals surface area contributed by atoms with Crippen LogP contribution in [0, 0.1) is 6.92 Å². The molecule has 5 heteroatoms. The van der Waals surface area contributed by atoms with Gasteiger partial charge in [-0.2, -0.15) is 5.10 Å². The van der Waals surface area contributed by atoms with Gasteiger partial charge in [-0.05, 0) is 31.0 Å². The molecule has 4 nitrogen and oxygen atoms in total. The Kier molecular flexibility index (Phi) is 3.54. The number of fused-ring (bicyclic) bond motifs is 1. The van der Waals surface area contributed by atoms with Crippen molar-refractivity contribution in [2.24, 2.45) is 4.99 Å². The maximum absolute atomic E-state index is 6.62. The van der Waals surface area contributed by atoms with Gasteiger partial charge in [0.2, 0.25) is 0 Å². The maximum Gasteiger partial charge on any atom is 0.136 e. The summed E-state index contributed by atoms with van der Waals surface area (Å²) < 4.78 is 1.80. The van der Waals surface area contributed by atoms with E-state index < -0.39 is 0 Å². The van der Waals surface area contributed by atoms with E-state index in [1.165, 1.54) is 10.8 Å². The minimum absolute atomic E-state index is 0.677. The lowest BCUT2D eigenvalue weighted by Crippen LogP contribution is -2.28. The molecule has 0 spiro atoms. The third-order valence-electron chi connectivity index (χ3n) is 4.22. The summed E-state index contributed by atoms with van der Waals surface area (Å²) in [6.45, 7) is 2.87. The molecule has 0 bridgehead atoms. The molecule has 1 aliphatic rings. The molecule has 0 radical (unpaired) electrons. The zero-order chi connectivity index (χ0) is 15.8. The summed E-state index contributed by atoms with van der Waals surface area (Å²) in [6.07, 6.45) is 6.04. The zero-order valence-corrected chi connectivity index (χ0v) is 13.6. The summed E-state index contributed by atoms with van der Waals surface area (Å²) in [6, 6.07) is 9.97. The number of rotatable bonds is 3. The van der Waals surface area contributed by atoms with Gasteiger partial charge >= 0.3 is 0 Å². The van der Waals surface area contributed by atoms with Gasteiger partial charge in [-0.15, -0.1) is 0 Å². The average molecular weight is 325 g/mol. The van der Waals surface area contributed by atoms with Gasteiger partial charge in [0.15, 0.2) is 0 Å². The third-order valence-corrected chi connectivity index (χ3v) is 4.61. The van der Waals surface area contributed by atoms with Crippen molar-refractivity contribution >= 4 is 17.7 Å². The minimum atomic E-state index is 0.677. The molecule has 3 heterocycles. The SMILES string of the molecule is Cc1nn(-c2ccccc2)c(Cl)c1Cc1c[nH]c2c1=CCCN=2. The lowest BCUT2D eigenvalue weighted by molar-refractivity contribution is 0.863. The lowest BCUT2D eigenvalue weighted by Gasteiger charge is -2.03. The van der Waals surface area contributed by atoms with E-state index in [4.69, 9.17) is 11.6 Å².